The molecule has 0 radical (unpaired) electrons. The van der Waals surface area contributed by atoms with E-state index < -0.39 is 10.0 Å². The molecule has 0 spiro atoms. The largest absolute Gasteiger partial charge is 0.325 e. The standard InChI is InChI=1S/C21H27N3O3S2/c1-14-4-7-16(29(26,27)23(2)3)12-18(14)22-20(25)13-24-10-8-19-17(9-11-28-19)21(24)15-5-6-15/h4,7,9,11-12,15,21H,5-6,8,10,13H2,1-3H3,(H,22,25). The molecule has 0 bridgehead atoms. The Labute approximate surface area is 176 Å². The maximum Gasteiger partial charge on any atom is 0.242 e. The molecule has 2 aromatic rings. The minimum atomic E-state index is -3.55. The highest BCUT2D eigenvalue weighted by Gasteiger charge is 2.40. The number of rotatable bonds is 6. The van der Waals surface area contributed by atoms with Crippen LogP contribution < -0.4 is 5.32 Å². The van der Waals surface area contributed by atoms with Gasteiger partial charge in [0.1, 0.15) is 0 Å². The Hall–Kier alpha value is -1.74. The number of hydrogen-bond donors (Lipinski definition) is 1. The molecule has 1 aliphatic carbocycles. The van der Waals surface area contributed by atoms with E-state index in [-0.39, 0.29) is 10.8 Å². The summed E-state index contributed by atoms with van der Waals surface area (Å²) in [7, 11) is -0.544. The number of aryl methyl sites for hydroxylation is 1. The summed E-state index contributed by atoms with van der Waals surface area (Å²) < 4.78 is 26.0. The summed E-state index contributed by atoms with van der Waals surface area (Å²) in [5.41, 5.74) is 2.79. The van der Waals surface area contributed by atoms with Crippen LogP contribution in [0.5, 0.6) is 0 Å². The van der Waals surface area contributed by atoms with Crippen LogP contribution in [-0.4, -0.2) is 50.7 Å². The average molecular weight is 434 g/mol. The maximum atomic E-state index is 12.9. The second kappa shape index (κ2) is 7.83. The highest BCUT2D eigenvalue weighted by molar-refractivity contribution is 7.89. The van der Waals surface area contributed by atoms with Gasteiger partial charge in [0.15, 0.2) is 0 Å². The second-order valence-corrected chi connectivity index (χ2v) is 11.3. The van der Waals surface area contributed by atoms with Gasteiger partial charge in [-0.25, -0.2) is 12.7 Å². The molecule has 1 aromatic heterocycles. The van der Waals surface area contributed by atoms with Gasteiger partial charge < -0.3 is 5.32 Å². The van der Waals surface area contributed by atoms with Gasteiger partial charge in [0.05, 0.1) is 11.4 Å². The number of hydrogen-bond acceptors (Lipinski definition) is 5. The fourth-order valence-corrected chi connectivity index (χ4v) is 5.86. The van der Waals surface area contributed by atoms with Crippen molar-refractivity contribution < 1.29 is 13.2 Å². The lowest BCUT2D eigenvalue weighted by Crippen LogP contribution is -2.41. The zero-order valence-corrected chi connectivity index (χ0v) is 18.6. The van der Waals surface area contributed by atoms with Crippen molar-refractivity contribution >= 4 is 33.0 Å². The number of carbonyl (C=O) groups is 1. The van der Waals surface area contributed by atoms with E-state index in [1.807, 2.05) is 18.3 Å². The predicted molar refractivity (Wildman–Crippen MR) is 116 cm³/mol. The van der Waals surface area contributed by atoms with E-state index in [1.54, 1.807) is 18.2 Å². The monoisotopic (exact) mass is 433 g/mol. The Morgan fingerprint density at radius 3 is 2.72 bits per heavy atom. The second-order valence-electron chi connectivity index (χ2n) is 8.11. The first-order valence-electron chi connectivity index (χ1n) is 9.90. The van der Waals surface area contributed by atoms with E-state index in [0.717, 1.165) is 18.5 Å². The molecule has 6 nitrogen and oxygen atoms in total. The molecule has 1 N–H and O–H groups in total. The Kier molecular flexibility index (Phi) is 5.54. The molecule has 0 saturated heterocycles. The van der Waals surface area contributed by atoms with Crippen molar-refractivity contribution in [2.75, 3.05) is 32.5 Å². The topological polar surface area (TPSA) is 69.7 Å². The zero-order chi connectivity index (χ0) is 20.8. The summed E-state index contributed by atoms with van der Waals surface area (Å²) >= 11 is 1.82. The van der Waals surface area contributed by atoms with Crippen LogP contribution in [0.1, 0.15) is 34.9 Å². The number of sulfonamides is 1. The molecule has 29 heavy (non-hydrogen) atoms. The summed E-state index contributed by atoms with van der Waals surface area (Å²) in [6, 6.07) is 7.40. The fourth-order valence-electron chi connectivity index (χ4n) is 4.02. The van der Waals surface area contributed by atoms with Gasteiger partial charge in [-0.1, -0.05) is 6.07 Å². The lowest BCUT2D eigenvalue weighted by molar-refractivity contribution is -0.118. The van der Waals surface area contributed by atoms with E-state index in [1.165, 1.54) is 41.7 Å². The number of thiophene rings is 1. The minimum absolute atomic E-state index is 0.100. The molecule has 2 aliphatic rings. The van der Waals surface area contributed by atoms with E-state index in [0.29, 0.717) is 24.2 Å². The van der Waals surface area contributed by atoms with Crippen molar-refractivity contribution in [2.45, 2.75) is 37.1 Å². The van der Waals surface area contributed by atoms with E-state index in [4.69, 9.17) is 0 Å². The lowest BCUT2D eigenvalue weighted by Gasteiger charge is -2.35. The van der Waals surface area contributed by atoms with Crippen molar-refractivity contribution in [3.63, 3.8) is 0 Å². The summed E-state index contributed by atoms with van der Waals surface area (Å²) in [4.78, 5) is 16.8. The molecule has 1 fully saturated rings. The third-order valence-corrected chi connectivity index (χ3v) is 8.60. The van der Waals surface area contributed by atoms with Crippen LogP contribution in [-0.2, 0) is 21.2 Å². The molecule has 1 atom stereocenters. The maximum absolute atomic E-state index is 12.9. The van der Waals surface area contributed by atoms with Gasteiger partial charge in [0.2, 0.25) is 15.9 Å². The van der Waals surface area contributed by atoms with Crippen LogP contribution in [0.25, 0.3) is 0 Å². The summed E-state index contributed by atoms with van der Waals surface area (Å²) in [6.07, 6.45) is 3.43. The van der Waals surface area contributed by atoms with Crippen LogP contribution >= 0.6 is 11.3 Å². The molecule has 2 heterocycles. The van der Waals surface area contributed by atoms with Crippen molar-refractivity contribution in [1.29, 1.82) is 0 Å². The van der Waals surface area contributed by atoms with Crippen molar-refractivity contribution in [3.8, 4) is 0 Å². The Morgan fingerprint density at radius 2 is 2.03 bits per heavy atom. The first-order valence-corrected chi connectivity index (χ1v) is 12.2. The van der Waals surface area contributed by atoms with E-state index >= 15 is 0 Å². The molecule has 1 saturated carbocycles. The lowest BCUT2D eigenvalue weighted by atomic mass is 9.96. The van der Waals surface area contributed by atoms with Gasteiger partial charge in [-0.15, -0.1) is 11.3 Å². The molecule has 156 valence electrons. The van der Waals surface area contributed by atoms with Crippen LogP contribution in [0.2, 0.25) is 0 Å². The van der Waals surface area contributed by atoms with Gasteiger partial charge in [0.25, 0.3) is 0 Å². The van der Waals surface area contributed by atoms with Gasteiger partial charge in [-0.05, 0) is 66.8 Å². The molecular weight excluding hydrogens is 406 g/mol. The van der Waals surface area contributed by atoms with E-state index in [2.05, 4.69) is 21.7 Å². The number of anilines is 1. The normalized spacial score (nSPS) is 19.9. The number of amides is 1. The number of nitrogens with zero attached hydrogens (tertiary/aromatic N) is 2. The van der Waals surface area contributed by atoms with Crippen LogP contribution in [0.3, 0.4) is 0 Å². The Balaban J connectivity index is 1.50. The molecule has 4 rings (SSSR count). The van der Waals surface area contributed by atoms with Crippen LogP contribution in [0, 0.1) is 12.8 Å². The quantitative estimate of drug-likeness (QED) is 0.759. The van der Waals surface area contributed by atoms with E-state index in [9.17, 15) is 13.2 Å². The van der Waals surface area contributed by atoms with Gasteiger partial charge in [-0.3, -0.25) is 9.69 Å². The first kappa shape index (κ1) is 20.5. The van der Waals surface area contributed by atoms with Gasteiger partial charge in [0, 0.05) is 37.2 Å². The third kappa shape index (κ3) is 4.12. The molecule has 1 unspecified atom stereocenters. The number of nitrogens with one attached hydrogen (secondary N) is 1. The Morgan fingerprint density at radius 1 is 1.28 bits per heavy atom. The Bertz CT molecular complexity index is 1030. The highest BCUT2D eigenvalue weighted by Crippen LogP contribution is 2.48. The fraction of sp³-hybridized carbons (Fsp3) is 0.476. The number of fused-ring (bicyclic) bond motifs is 1. The number of benzene rings is 1. The zero-order valence-electron chi connectivity index (χ0n) is 17.0. The van der Waals surface area contributed by atoms with Crippen molar-refractivity contribution in [1.82, 2.24) is 9.21 Å². The van der Waals surface area contributed by atoms with Crippen molar-refractivity contribution in [3.05, 3.63) is 45.6 Å². The van der Waals surface area contributed by atoms with Crippen LogP contribution in [0.4, 0.5) is 5.69 Å². The molecule has 8 heteroatoms. The first-order chi connectivity index (χ1) is 13.8. The summed E-state index contributed by atoms with van der Waals surface area (Å²) in [5, 5.41) is 5.10. The van der Waals surface area contributed by atoms with Crippen LogP contribution in [0.15, 0.2) is 34.5 Å². The molecule has 1 amide bonds. The number of carbonyl (C=O) groups excluding carboxylic acids is 1. The SMILES string of the molecule is Cc1ccc(S(=O)(=O)N(C)C)cc1NC(=O)CN1CCc2sccc2C1C1CC1. The minimum Gasteiger partial charge on any atom is -0.325 e. The van der Waals surface area contributed by atoms with Crippen molar-refractivity contribution in [2.24, 2.45) is 5.92 Å². The molecular formula is C21H27N3O3S2. The van der Waals surface area contributed by atoms with Gasteiger partial charge >= 0.3 is 0 Å². The predicted octanol–water partition coefficient (Wildman–Crippen LogP) is 3.25. The van der Waals surface area contributed by atoms with Gasteiger partial charge in [-0.2, -0.15) is 0 Å². The highest BCUT2D eigenvalue weighted by atomic mass is 32.2. The third-order valence-electron chi connectivity index (χ3n) is 5.79. The molecule has 1 aromatic carbocycles. The summed E-state index contributed by atoms with van der Waals surface area (Å²) in [5.74, 6) is 0.545. The average Bonchev–Trinajstić information content (AvgIpc) is 3.39. The molecule has 1 aliphatic heterocycles. The smallest absolute Gasteiger partial charge is 0.242 e. The summed E-state index contributed by atoms with van der Waals surface area (Å²) in [6.45, 7) is 3.07.